The van der Waals surface area contributed by atoms with E-state index in [9.17, 15) is 4.39 Å². The highest BCUT2D eigenvalue weighted by atomic mass is 35.5. The predicted octanol–water partition coefficient (Wildman–Crippen LogP) is 1.22. The van der Waals surface area contributed by atoms with Gasteiger partial charge < -0.3 is 10.8 Å². The van der Waals surface area contributed by atoms with Gasteiger partial charge in [0.2, 0.25) is 0 Å². The molecule has 1 atom stereocenters. The van der Waals surface area contributed by atoms with E-state index < -0.39 is 12.3 Å². The Labute approximate surface area is 83.0 Å². The summed E-state index contributed by atoms with van der Waals surface area (Å²) < 4.78 is 13.6. The van der Waals surface area contributed by atoms with Gasteiger partial charge in [-0.25, -0.2) is 4.39 Å². The van der Waals surface area contributed by atoms with Crippen LogP contribution in [0.5, 0.6) is 0 Å². The third-order valence-corrected chi connectivity index (χ3v) is 1.87. The van der Waals surface area contributed by atoms with Crippen molar-refractivity contribution in [2.24, 2.45) is 5.73 Å². The van der Waals surface area contributed by atoms with Gasteiger partial charge in [0, 0.05) is 6.54 Å². The minimum Gasteiger partial charge on any atom is -0.393 e. The number of hydrogen-bond donors (Lipinski definition) is 2. The lowest BCUT2D eigenvalue weighted by Gasteiger charge is -2.20. The summed E-state index contributed by atoms with van der Waals surface area (Å²) in [6.45, 7) is -0.777. The van der Waals surface area contributed by atoms with E-state index in [2.05, 4.69) is 0 Å². The van der Waals surface area contributed by atoms with Gasteiger partial charge in [-0.2, -0.15) is 0 Å². The van der Waals surface area contributed by atoms with E-state index in [-0.39, 0.29) is 19.0 Å². The van der Waals surface area contributed by atoms with Crippen LogP contribution >= 0.6 is 12.4 Å². The molecule has 0 aliphatic heterocycles. The fourth-order valence-electron chi connectivity index (χ4n) is 1.01. The molecule has 0 heterocycles. The zero-order chi connectivity index (χ0) is 9.03. The van der Waals surface area contributed by atoms with Crippen LogP contribution in [0.2, 0.25) is 0 Å². The van der Waals surface area contributed by atoms with E-state index in [4.69, 9.17) is 10.8 Å². The first kappa shape index (κ1) is 12.4. The molecule has 0 aliphatic rings. The van der Waals surface area contributed by atoms with Crippen LogP contribution in [-0.4, -0.2) is 18.3 Å². The van der Waals surface area contributed by atoms with Crippen LogP contribution in [0, 0.1) is 0 Å². The van der Waals surface area contributed by atoms with E-state index in [0.717, 1.165) is 0 Å². The van der Waals surface area contributed by atoms with Gasteiger partial charge in [-0.1, -0.05) is 30.3 Å². The third-order valence-electron chi connectivity index (χ3n) is 1.87. The van der Waals surface area contributed by atoms with Crippen molar-refractivity contribution in [2.45, 2.75) is 5.67 Å². The van der Waals surface area contributed by atoms with Gasteiger partial charge in [-0.15, -0.1) is 12.4 Å². The van der Waals surface area contributed by atoms with Crippen molar-refractivity contribution in [3.8, 4) is 0 Å². The van der Waals surface area contributed by atoms with Crippen molar-refractivity contribution in [2.75, 3.05) is 13.2 Å². The van der Waals surface area contributed by atoms with Crippen LogP contribution in [0.1, 0.15) is 5.56 Å². The number of alkyl halides is 1. The Morgan fingerprint density at radius 2 is 1.85 bits per heavy atom. The van der Waals surface area contributed by atoms with E-state index >= 15 is 0 Å². The van der Waals surface area contributed by atoms with Crippen molar-refractivity contribution < 1.29 is 9.50 Å². The Balaban J connectivity index is 0.00000144. The largest absolute Gasteiger partial charge is 0.393 e. The maximum atomic E-state index is 13.6. The fourth-order valence-corrected chi connectivity index (χ4v) is 1.01. The SMILES string of the molecule is Cl.NCC(F)(CO)c1ccccc1. The van der Waals surface area contributed by atoms with Crippen LogP contribution in [0.15, 0.2) is 30.3 Å². The van der Waals surface area contributed by atoms with Gasteiger partial charge >= 0.3 is 0 Å². The maximum Gasteiger partial charge on any atom is 0.170 e. The van der Waals surface area contributed by atoms with E-state index in [1.54, 1.807) is 30.3 Å². The zero-order valence-electron chi connectivity index (χ0n) is 7.11. The molecule has 4 heteroatoms. The molecule has 1 rings (SSSR count). The topological polar surface area (TPSA) is 46.2 Å². The lowest BCUT2D eigenvalue weighted by molar-refractivity contribution is 0.0768. The number of nitrogens with two attached hydrogens (primary N) is 1. The predicted molar refractivity (Wildman–Crippen MR) is 52.6 cm³/mol. The van der Waals surface area contributed by atoms with Crippen molar-refractivity contribution >= 4 is 12.4 Å². The molecule has 0 aliphatic carbocycles. The number of halogens is 2. The smallest absolute Gasteiger partial charge is 0.170 e. The highest BCUT2D eigenvalue weighted by Gasteiger charge is 2.28. The van der Waals surface area contributed by atoms with Gasteiger partial charge in [0.1, 0.15) is 0 Å². The molecule has 0 fully saturated rings. The van der Waals surface area contributed by atoms with Crippen molar-refractivity contribution in [3.63, 3.8) is 0 Å². The van der Waals surface area contributed by atoms with Crippen molar-refractivity contribution in [1.29, 1.82) is 0 Å². The van der Waals surface area contributed by atoms with Gasteiger partial charge in [-0.05, 0) is 5.56 Å². The summed E-state index contributed by atoms with van der Waals surface area (Å²) in [6.07, 6.45) is 0. The Kier molecular flexibility index (Phi) is 4.91. The van der Waals surface area contributed by atoms with Gasteiger partial charge in [-0.3, -0.25) is 0 Å². The molecule has 0 saturated carbocycles. The van der Waals surface area contributed by atoms with E-state index in [1.807, 2.05) is 0 Å². The third kappa shape index (κ3) is 2.66. The molecule has 3 N–H and O–H groups in total. The van der Waals surface area contributed by atoms with E-state index in [0.29, 0.717) is 5.56 Å². The number of aliphatic hydroxyl groups excluding tert-OH is 1. The lowest BCUT2D eigenvalue weighted by atomic mass is 9.97. The Morgan fingerprint density at radius 1 is 1.31 bits per heavy atom. The van der Waals surface area contributed by atoms with Gasteiger partial charge in [0.05, 0.1) is 6.61 Å². The van der Waals surface area contributed by atoms with Gasteiger partial charge in [0.25, 0.3) is 0 Å². The molecular formula is C9H13ClFNO. The molecule has 0 amide bonds. The quantitative estimate of drug-likeness (QED) is 0.780. The summed E-state index contributed by atoms with van der Waals surface area (Å²) >= 11 is 0. The van der Waals surface area contributed by atoms with E-state index in [1.165, 1.54) is 0 Å². The molecule has 1 aromatic rings. The highest BCUT2D eigenvalue weighted by Crippen LogP contribution is 2.23. The summed E-state index contributed by atoms with van der Waals surface area (Å²) in [4.78, 5) is 0. The first-order valence-electron chi connectivity index (χ1n) is 3.78. The molecule has 74 valence electrons. The summed E-state index contributed by atoms with van der Waals surface area (Å²) in [6, 6.07) is 8.45. The summed E-state index contributed by atoms with van der Waals surface area (Å²) in [5.74, 6) is 0. The highest BCUT2D eigenvalue weighted by molar-refractivity contribution is 5.85. The average Bonchev–Trinajstić information content (AvgIpc) is 2.18. The second-order valence-corrected chi connectivity index (χ2v) is 2.69. The maximum absolute atomic E-state index is 13.6. The molecular weight excluding hydrogens is 193 g/mol. The lowest BCUT2D eigenvalue weighted by Crippen LogP contribution is -2.33. The van der Waals surface area contributed by atoms with Crippen LogP contribution < -0.4 is 5.73 Å². The van der Waals surface area contributed by atoms with Crippen LogP contribution in [0.3, 0.4) is 0 Å². The van der Waals surface area contributed by atoms with Gasteiger partial charge in [0.15, 0.2) is 5.67 Å². The van der Waals surface area contributed by atoms with Crippen molar-refractivity contribution in [1.82, 2.24) is 0 Å². The van der Waals surface area contributed by atoms with Crippen LogP contribution in [-0.2, 0) is 5.67 Å². The molecule has 1 aromatic carbocycles. The average molecular weight is 206 g/mol. The molecule has 0 aromatic heterocycles. The standard InChI is InChI=1S/C9H12FNO.ClH/c10-9(6-11,7-12)8-4-2-1-3-5-8;/h1-5,12H,6-7,11H2;1H. The van der Waals surface area contributed by atoms with Crippen LogP contribution in [0.4, 0.5) is 4.39 Å². The molecule has 2 nitrogen and oxygen atoms in total. The summed E-state index contributed by atoms with van der Waals surface area (Å²) in [5, 5.41) is 8.78. The minimum atomic E-state index is -1.79. The number of aliphatic hydroxyl groups is 1. The number of rotatable bonds is 3. The Bertz CT molecular complexity index is 239. The Hall–Kier alpha value is -0.640. The normalized spacial score (nSPS) is 14.4. The molecule has 0 spiro atoms. The van der Waals surface area contributed by atoms with Crippen molar-refractivity contribution in [3.05, 3.63) is 35.9 Å². The second-order valence-electron chi connectivity index (χ2n) is 2.69. The molecule has 13 heavy (non-hydrogen) atoms. The zero-order valence-corrected chi connectivity index (χ0v) is 7.93. The minimum absolute atomic E-state index is 0. The molecule has 1 unspecified atom stereocenters. The summed E-state index contributed by atoms with van der Waals surface area (Å²) in [7, 11) is 0. The molecule has 0 bridgehead atoms. The van der Waals surface area contributed by atoms with Crippen LogP contribution in [0.25, 0.3) is 0 Å². The first-order valence-corrected chi connectivity index (χ1v) is 3.78. The molecule has 0 radical (unpaired) electrons. The second kappa shape index (κ2) is 5.17. The first-order chi connectivity index (χ1) is 5.73. The molecule has 0 saturated heterocycles. The number of benzene rings is 1. The summed E-state index contributed by atoms with van der Waals surface area (Å²) in [5.41, 5.74) is 3.85. The number of hydrogen-bond acceptors (Lipinski definition) is 2. The fraction of sp³-hybridized carbons (Fsp3) is 0.333. The Morgan fingerprint density at radius 3 is 2.23 bits per heavy atom. The monoisotopic (exact) mass is 205 g/mol.